The van der Waals surface area contributed by atoms with Crippen molar-refractivity contribution in [2.75, 3.05) is 13.1 Å². The topological polar surface area (TPSA) is 53.7 Å². The molecule has 0 aliphatic heterocycles. The molecule has 1 aromatic heterocycles. The lowest BCUT2D eigenvalue weighted by Gasteiger charge is -2.28. The molecule has 0 atom stereocenters. The second-order valence-electron chi connectivity index (χ2n) is 6.59. The Morgan fingerprint density at radius 2 is 1.95 bits per heavy atom. The second kappa shape index (κ2) is 6.23. The molecule has 0 unspecified atom stereocenters. The van der Waals surface area contributed by atoms with Crippen molar-refractivity contribution < 1.29 is 9.52 Å². The summed E-state index contributed by atoms with van der Waals surface area (Å²) in [5.41, 5.74) is 2.63. The minimum atomic E-state index is -0.766. The van der Waals surface area contributed by atoms with E-state index >= 15 is 0 Å². The zero-order chi connectivity index (χ0) is 16.5. The smallest absolute Gasteiger partial charge is 0.336 e. The van der Waals surface area contributed by atoms with E-state index in [2.05, 4.69) is 11.8 Å². The molecule has 0 spiro atoms. The lowest BCUT2D eigenvalue weighted by molar-refractivity contribution is 0.0354. The molecule has 0 saturated heterocycles. The minimum absolute atomic E-state index is 0.324. The number of fused-ring (bicyclic) bond motifs is 1. The van der Waals surface area contributed by atoms with Crippen LogP contribution in [0.15, 0.2) is 27.4 Å². The zero-order valence-electron chi connectivity index (χ0n) is 14.1. The van der Waals surface area contributed by atoms with Crippen molar-refractivity contribution in [3.8, 4) is 0 Å². The van der Waals surface area contributed by atoms with Crippen LogP contribution in [0.4, 0.5) is 0 Å². The van der Waals surface area contributed by atoms with Crippen LogP contribution >= 0.6 is 0 Å². The van der Waals surface area contributed by atoms with Gasteiger partial charge in [0.2, 0.25) is 0 Å². The van der Waals surface area contributed by atoms with E-state index in [1.54, 1.807) is 19.9 Å². The Morgan fingerprint density at radius 1 is 1.27 bits per heavy atom. The highest BCUT2D eigenvalue weighted by Gasteiger charge is 2.19. The molecule has 22 heavy (non-hydrogen) atoms. The first-order valence-electron chi connectivity index (χ1n) is 7.69. The summed E-state index contributed by atoms with van der Waals surface area (Å²) in [6.07, 6.45) is 0. The van der Waals surface area contributed by atoms with Crippen molar-refractivity contribution in [3.05, 3.63) is 45.3 Å². The zero-order valence-corrected chi connectivity index (χ0v) is 14.1. The lowest BCUT2D eigenvalue weighted by Crippen LogP contribution is -2.38. The Hall–Kier alpha value is -1.65. The summed E-state index contributed by atoms with van der Waals surface area (Å²) in [6.45, 7) is 11.6. The normalized spacial score (nSPS) is 12.3. The van der Waals surface area contributed by atoms with Gasteiger partial charge in [0.1, 0.15) is 5.58 Å². The van der Waals surface area contributed by atoms with Crippen LogP contribution in [0.1, 0.15) is 37.5 Å². The molecule has 0 radical (unpaired) electrons. The molecule has 1 N–H and O–H groups in total. The largest absolute Gasteiger partial charge is 0.422 e. The summed E-state index contributed by atoms with van der Waals surface area (Å²) in [5.74, 6) is 0. The number of nitrogens with zero attached hydrogens (tertiary/aromatic N) is 1. The Balaban J connectivity index is 2.47. The molecule has 0 bridgehead atoms. The van der Waals surface area contributed by atoms with E-state index in [4.69, 9.17) is 4.42 Å². The average molecular weight is 303 g/mol. The molecule has 4 heteroatoms. The van der Waals surface area contributed by atoms with Gasteiger partial charge >= 0.3 is 5.63 Å². The van der Waals surface area contributed by atoms with Crippen molar-refractivity contribution in [1.29, 1.82) is 0 Å². The second-order valence-corrected chi connectivity index (χ2v) is 6.59. The Morgan fingerprint density at radius 3 is 2.55 bits per heavy atom. The molecule has 0 aliphatic rings. The van der Waals surface area contributed by atoms with Crippen LogP contribution < -0.4 is 5.63 Å². The van der Waals surface area contributed by atoms with E-state index in [0.717, 1.165) is 28.6 Å². The number of hydrogen-bond donors (Lipinski definition) is 1. The van der Waals surface area contributed by atoms with Gasteiger partial charge in [0.15, 0.2) is 0 Å². The highest BCUT2D eigenvalue weighted by molar-refractivity contribution is 5.83. The third-order valence-corrected chi connectivity index (χ3v) is 3.97. The lowest BCUT2D eigenvalue weighted by atomic mass is 10.0. The number of hydrogen-bond acceptors (Lipinski definition) is 4. The van der Waals surface area contributed by atoms with Crippen LogP contribution in [0.2, 0.25) is 0 Å². The summed E-state index contributed by atoms with van der Waals surface area (Å²) in [6, 6.07) is 5.62. The van der Waals surface area contributed by atoms with E-state index in [1.807, 2.05) is 26.0 Å². The van der Waals surface area contributed by atoms with Gasteiger partial charge in [0.05, 0.1) is 5.60 Å². The number of aliphatic hydroxyl groups is 1. The van der Waals surface area contributed by atoms with Gasteiger partial charge in [0.25, 0.3) is 0 Å². The van der Waals surface area contributed by atoms with Crippen molar-refractivity contribution >= 4 is 11.0 Å². The molecule has 4 nitrogen and oxygen atoms in total. The molecule has 0 saturated carbocycles. The van der Waals surface area contributed by atoms with Gasteiger partial charge in [-0.15, -0.1) is 0 Å². The molecule has 1 heterocycles. The summed E-state index contributed by atoms with van der Waals surface area (Å²) < 4.78 is 5.41. The van der Waals surface area contributed by atoms with Gasteiger partial charge in [-0.05, 0) is 50.9 Å². The molecular weight excluding hydrogens is 278 g/mol. The van der Waals surface area contributed by atoms with E-state index < -0.39 is 5.60 Å². The quantitative estimate of drug-likeness (QED) is 0.863. The number of benzene rings is 1. The van der Waals surface area contributed by atoms with Crippen LogP contribution in [0.3, 0.4) is 0 Å². The molecule has 0 fully saturated rings. The van der Waals surface area contributed by atoms with Gasteiger partial charge < -0.3 is 9.52 Å². The molecule has 2 rings (SSSR count). The highest BCUT2D eigenvalue weighted by Crippen LogP contribution is 2.24. The first kappa shape index (κ1) is 16.7. The monoisotopic (exact) mass is 303 g/mol. The standard InChI is InChI=1S/C18H25NO3/c1-6-19(11-18(4,5)21)10-14-9-16(20)22-17-13(3)12(2)7-8-15(14)17/h7-9,21H,6,10-11H2,1-5H3. The van der Waals surface area contributed by atoms with Crippen molar-refractivity contribution in [3.63, 3.8) is 0 Å². The first-order valence-corrected chi connectivity index (χ1v) is 7.69. The van der Waals surface area contributed by atoms with Gasteiger partial charge in [-0.3, -0.25) is 4.90 Å². The third kappa shape index (κ3) is 3.76. The van der Waals surface area contributed by atoms with Crippen LogP contribution in [0.25, 0.3) is 11.0 Å². The fourth-order valence-electron chi connectivity index (χ4n) is 2.72. The van der Waals surface area contributed by atoms with Gasteiger partial charge in [-0.1, -0.05) is 19.1 Å². The van der Waals surface area contributed by atoms with Gasteiger partial charge in [-0.25, -0.2) is 4.79 Å². The SMILES string of the molecule is CCN(Cc1cc(=O)oc2c(C)c(C)ccc12)CC(C)(C)O. The maximum atomic E-state index is 11.9. The van der Waals surface area contributed by atoms with Crippen molar-refractivity contribution in [1.82, 2.24) is 4.90 Å². The molecule has 1 aromatic carbocycles. The van der Waals surface area contributed by atoms with Crippen LogP contribution in [-0.2, 0) is 6.54 Å². The van der Waals surface area contributed by atoms with E-state index in [9.17, 15) is 9.90 Å². The highest BCUT2D eigenvalue weighted by atomic mass is 16.4. The average Bonchev–Trinajstić information content (AvgIpc) is 2.41. The minimum Gasteiger partial charge on any atom is -0.422 e. The van der Waals surface area contributed by atoms with Crippen LogP contribution in [-0.4, -0.2) is 28.7 Å². The maximum absolute atomic E-state index is 11.9. The molecular formula is C18H25NO3. The molecule has 0 aliphatic carbocycles. The summed E-state index contributed by atoms with van der Waals surface area (Å²) in [7, 11) is 0. The summed E-state index contributed by atoms with van der Waals surface area (Å²) >= 11 is 0. The van der Waals surface area contributed by atoms with Crippen molar-refractivity contribution in [2.24, 2.45) is 0 Å². The van der Waals surface area contributed by atoms with Gasteiger partial charge in [-0.2, -0.15) is 0 Å². The summed E-state index contributed by atoms with van der Waals surface area (Å²) in [5, 5.41) is 11.0. The fourth-order valence-corrected chi connectivity index (χ4v) is 2.72. The Kier molecular flexibility index (Phi) is 4.73. The predicted octanol–water partition coefficient (Wildman–Crippen LogP) is 3.00. The fraction of sp³-hybridized carbons (Fsp3) is 0.500. The summed E-state index contributed by atoms with van der Waals surface area (Å²) in [4.78, 5) is 14.0. The molecule has 120 valence electrons. The maximum Gasteiger partial charge on any atom is 0.336 e. The van der Waals surface area contributed by atoms with Crippen LogP contribution in [0, 0.1) is 13.8 Å². The molecule has 0 amide bonds. The predicted molar refractivity (Wildman–Crippen MR) is 89.2 cm³/mol. The van der Waals surface area contributed by atoms with E-state index in [-0.39, 0.29) is 5.63 Å². The van der Waals surface area contributed by atoms with Crippen LogP contribution in [0.5, 0.6) is 0 Å². The van der Waals surface area contributed by atoms with Gasteiger partial charge in [0, 0.05) is 24.5 Å². The van der Waals surface area contributed by atoms with Crippen molar-refractivity contribution in [2.45, 2.75) is 46.8 Å². The molecule has 2 aromatic rings. The number of likely N-dealkylation sites (N-methyl/N-ethyl adjacent to an activating group) is 1. The Bertz CT molecular complexity index is 725. The number of rotatable bonds is 5. The van der Waals surface area contributed by atoms with E-state index in [1.165, 1.54) is 0 Å². The third-order valence-electron chi connectivity index (χ3n) is 3.97. The van der Waals surface area contributed by atoms with E-state index in [0.29, 0.717) is 18.7 Å². The Labute approximate surface area is 131 Å². The number of aryl methyl sites for hydroxylation is 2. The first-order chi connectivity index (χ1) is 10.2.